The van der Waals surface area contributed by atoms with Gasteiger partial charge < -0.3 is 20.6 Å². The van der Waals surface area contributed by atoms with Crippen LogP contribution in [0.4, 0.5) is 30.8 Å². The lowest BCUT2D eigenvalue weighted by molar-refractivity contribution is -0.147. The van der Waals surface area contributed by atoms with Crippen molar-refractivity contribution < 1.29 is 23.5 Å². The molecule has 7 nitrogen and oxygen atoms in total. The third-order valence-corrected chi connectivity index (χ3v) is 5.93. The van der Waals surface area contributed by atoms with E-state index in [4.69, 9.17) is 0 Å². The molecule has 0 radical (unpaired) electrons. The first-order valence-corrected chi connectivity index (χ1v) is 11.5. The van der Waals surface area contributed by atoms with E-state index in [0.717, 1.165) is 18.6 Å². The number of nitrogens with one attached hydrogen (secondary N) is 2. The summed E-state index contributed by atoms with van der Waals surface area (Å²) in [6, 6.07) is 3.79. The average molecular weight is 475 g/mol. The van der Waals surface area contributed by atoms with Crippen molar-refractivity contribution in [1.82, 2.24) is 4.98 Å². The number of halogens is 2. The molecular weight excluding hydrogens is 442 g/mol. The topological polar surface area (TPSA) is 94.6 Å². The zero-order chi connectivity index (χ0) is 25.0. The summed E-state index contributed by atoms with van der Waals surface area (Å²) in [5.74, 6) is -1.43. The van der Waals surface area contributed by atoms with Gasteiger partial charge in [-0.25, -0.2) is 18.6 Å². The second-order valence-electron chi connectivity index (χ2n) is 9.73. The van der Waals surface area contributed by atoms with E-state index in [1.165, 1.54) is 0 Å². The summed E-state index contributed by atoms with van der Waals surface area (Å²) < 4.78 is 27.3. The molecule has 1 saturated carbocycles. The predicted molar refractivity (Wildman–Crippen MR) is 128 cm³/mol. The first-order valence-electron chi connectivity index (χ1n) is 11.5. The normalized spacial score (nSPS) is 14.6. The fourth-order valence-electron chi connectivity index (χ4n) is 4.22. The maximum Gasteiger partial charge on any atom is 0.323 e. The number of carboxylic acid groups (broad SMARTS) is 1. The van der Waals surface area contributed by atoms with E-state index in [2.05, 4.69) is 48.2 Å². The lowest BCUT2D eigenvalue weighted by Crippen LogP contribution is -2.42. The zero-order valence-corrected chi connectivity index (χ0v) is 20.0. The minimum absolute atomic E-state index is 0.174. The van der Waals surface area contributed by atoms with Gasteiger partial charge in [0.15, 0.2) is 5.82 Å². The van der Waals surface area contributed by atoms with Crippen molar-refractivity contribution in [2.45, 2.75) is 52.4 Å². The zero-order valence-electron chi connectivity index (χ0n) is 20.0. The maximum absolute atomic E-state index is 14.0. The second-order valence-corrected chi connectivity index (χ2v) is 9.73. The summed E-state index contributed by atoms with van der Waals surface area (Å²) in [6.45, 7) is 9.66. The lowest BCUT2D eigenvalue weighted by atomic mass is 9.65. The van der Waals surface area contributed by atoms with E-state index < -0.39 is 29.0 Å². The summed E-state index contributed by atoms with van der Waals surface area (Å²) in [6.07, 6.45) is 3.38. The highest BCUT2D eigenvalue weighted by Crippen LogP contribution is 2.45. The molecule has 34 heavy (non-hydrogen) atoms. The summed E-state index contributed by atoms with van der Waals surface area (Å²) in [5.41, 5.74) is -0.340. The van der Waals surface area contributed by atoms with Crippen LogP contribution in [0.3, 0.4) is 0 Å². The van der Waals surface area contributed by atoms with Crippen LogP contribution in [0.2, 0.25) is 0 Å². The highest BCUT2D eigenvalue weighted by molar-refractivity contribution is 6.01. The van der Waals surface area contributed by atoms with Crippen LogP contribution in [0.25, 0.3) is 0 Å². The standard InChI is InChI=1S/C25H32F2N4O3/c1-15(2)13-31(14-16(3)4)22-21(10-17(12-28-22)25(23(32)33)8-5-9-25)30-24(34)29-20-7-6-18(26)11-19(20)27/h6-7,10-12,15-16H,5,8-9,13-14H2,1-4H3,(H,32,33)(H2,29,30,34). The number of carbonyl (C=O) groups excluding carboxylic acids is 1. The van der Waals surface area contributed by atoms with Crippen molar-refractivity contribution in [2.75, 3.05) is 28.6 Å². The molecule has 2 amide bonds. The molecular formula is C25H32F2N4O3. The van der Waals surface area contributed by atoms with Gasteiger partial charge in [0, 0.05) is 25.4 Å². The van der Waals surface area contributed by atoms with Gasteiger partial charge in [-0.1, -0.05) is 34.1 Å². The van der Waals surface area contributed by atoms with Crippen molar-refractivity contribution in [3.63, 3.8) is 0 Å². The number of urea groups is 1. The van der Waals surface area contributed by atoms with E-state index >= 15 is 0 Å². The Morgan fingerprint density at radius 1 is 1.06 bits per heavy atom. The Hall–Kier alpha value is -3.23. The van der Waals surface area contributed by atoms with Crippen LogP contribution in [0.5, 0.6) is 0 Å². The van der Waals surface area contributed by atoms with Crippen molar-refractivity contribution in [2.24, 2.45) is 11.8 Å². The number of nitrogens with zero attached hydrogens (tertiary/aromatic N) is 2. The first-order chi connectivity index (χ1) is 16.0. The maximum atomic E-state index is 14.0. The van der Waals surface area contributed by atoms with Gasteiger partial charge >= 0.3 is 12.0 Å². The molecule has 0 spiro atoms. The third kappa shape index (κ3) is 5.63. The van der Waals surface area contributed by atoms with Crippen LogP contribution in [-0.2, 0) is 10.2 Å². The van der Waals surface area contributed by atoms with Crippen molar-refractivity contribution >= 4 is 29.2 Å². The summed E-state index contributed by atoms with van der Waals surface area (Å²) in [4.78, 5) is 31.5. The van der Waals surface area contributed by atoms with Crippen LogP contribution < -0.4 is 15.5 Å². The number of hydrogen-bond donors (Lipinski definition) is 3. The monoisotopic (exact) mass is 474 g/mol. The van der Waals surface area contributed by atoms with Gasteiger partial charge in [0.2, 0.25) is 0 Å². The molecule has 1 aromatic carbocycles. The van der Waals surface area contributed by atoms with E-state index in [9.17, 15) is 23.5 Å². The van der Waals surface area contributed by atoms with Crippen molar-refractivity contribution in [3.8, 4) is 0 Å². The molecule has 0 saturated heterocycles. The summed E-state index contributed by atoms with van der Waals surface area (Å²) >= 11 is 0. The molecule has 1 aromatic heterocycles. The Balaban J connectivity index is 1.98. The van der Waals surface area contributed by atoms with Crippen molar-refractivity contribution in [1.29, 1.82) is 0 Å². The summed E-state index contributed by atoms with van der Waals surface area (Å²) in [5, 5.41) is 15.0. The van der Waals surface area contributed by atoms with Crippen LogP contribution in [-0.4, -0.2) is 35.2 Å². The van der Waals surface area contributed by atoms with Gasteiger partial charge in [-0.3, -0.25) is 4.79 Å². The number of rotatable bonds is 9. The number of aromatic nitrogens is 1. The number of carbonyl (C=O) groups is 2. The number of pyridine rings is 1. The minimum atomic E-state index is -1.03. The Kier molecular flexibility index (Phi) is 7.74. The second kappa shape index (κ2) is 10.4. The van der Waals surface area contributed by atoms with Gasteiger partial charge in [0.1, 0.15) is 11.6 Å². The molecule has 1 fully saturated rings. The quantitative estimate of drug-likeness (QED) is 0.438. The molecule has 3 rings (SSSR count). The SMILES string of the molecule is CC(C)CN(CC(C)C)c1ncc(C2(C(=O)O)CCC2)cc1NC(=O)Nc1ccc(F)cc1F. The molecule has 9 heteroatoms. The van der Waals surface area contributed by atoms with Gasteiger partial charge in [-0.2, -0.15) is 0 Å². The number of anilines is 3. The fourth-order valence-corrected chi connectivity index (χ4v) is 4.22. The number of benzene rings is 1. The molecule has 0 bridgehead atoms. The Morgan fingerprint density at radius 3 is 2.18 bits per heavy atom. The van der Waals surface area contributed by atoms with Crippen LogP contribution >= 0.6 is 0 Å². The molecule has 0 aliphatic heterocycles. The summed E-state index contributed by atoms with van der Waals surface area (Å²) in [7, 11) is 0. The highest BCUT2D eigenvalue weighted by atomic mass is 19.1. The number of hydrogen-bond acceptors (Lipinski definition) is 4. The van der Waals surface area contributed by atoms with Gasteiger partial charge in [0.25, 0.3) is 0 Å². The first kappa shape index (κ1) is 25.4. The predicted octanol–water partition coefficient (Wildman–Crippen LogP) is 5.63. The minimum Gasteiger partial charge on any atom is -0.481 e. The molecule has 3 N–H and O–H groups in total. The Morgan fingerprint density at radius 2 is 1.68 bits per heavy atom. The third-order valence-electron chi connectivity index (χ3n) is 5.93. The number of aliphatic carboxylic acids is 1. The average Bonchev–Trinajstić information content (AvgIpc) is 2.68. The molecule has 2 aromatic rings. The van der Waals surface area contributed by atoms with E-state index in [0.29, 0.717) is 60.9 Å². The van der Waals surface area contributed by atoms with Crippen LogP contribution in [0.1, 0.15) is 52.5 Å². The molecule has 1 aliphatic rings. The molecule has 0 unspecified atom stereocenters. The molecule has 1 heterocycles. The lowest BCUT2D eigenvalue weighted by Gasteiger charge is -2.38. The van der Waals surface area contributed by atoms with E-state index in [-0.39, 0.29) is 5.69 Å². The fraction of sp³-hybridized carbons (Fsp3) is 0.480. The van der Waals surface area contributed by atoms with Gasteiger partial charge in [-0.15, -0.1) is 0 Å². The largest absolute Gasteiger partial charge is 0.481 e. The smallest absolute Gasteiger partial charge is 0.323 e. The Bertz CT molecular complexity index is 1040. The van der Waals surface area contributed by atoms with Gasteiger partial charge in [-0.05, 0) is 48.4 Å². The van der Waals surface area contributed by atoms with E-state index in [1.807, 2.05) is 0 Å². The highest BCUT2D eigenvalue weighted by Gasteiger charge is 2.46. The molecule has 0 atom stereocenters. The molecule has 1 aliphatic carbocycles. The van der Waals surface area contributed by atoms with Crippen LogP contribution in [0, 0.1) is 23.5 Å². The Labute approximate surface area is 198 Å². The van der Waals surface area contributed by atoms with E-state index in [1.54, 1.807) is 12.3 Å². The molecule has 184 valence electrons. The van der Waals surface area contributed by atoms with Crippen molar-refractivity contribution in [3.05, 3.63) is 47.7 Å². The number of carboxylic acids is 1. The number of amides is 2. The van der Waals surface area contributed by atoms with Gasteiger partial charge in [0.05, 0.1) is 16.8 Å². The van der Waals surface area contributed by atoms with Crippen LogP contribution in [0.15, 0.2) is 30.5 Å².